The maximum absolute atomic E-state index is 12.5. The van der Waals surface area contributed by atoms with Crippen molar-refractivity contribution in [3.8, 4) is 17.2 Å². The summed E-state index contributed by atoms with van der Waals surface area (Å²) < 4.78 is 16.4. The van der Waals surface area contributed by atoms with Gasteiger partial charge in [-0.15, -0.1) is 0 Å². The lowest BCUT2D eigenvalue weighted by Crippen LogP contribution is -2.48. The Morgan fingerprint density at radius 2 is 1.74 bits per heavy atom. The van der Waals surface area contributed by atoms with Crippen molar-refractivity contribution in [3.63, 3.8) is 0 Å². The average molecular weight is 371 g/mol. The third-order valence-corrected chi connectivity index (χ3v) is 4.75. The zero-order valence-electron chi connectivity index (χ0n) is 16.0. The number of piperazine rings is 1. The predicted molar refractivity (Wildman–Crippen MR) is 102 cm³/mol. The Kier molecular flexibility index (Phi) is 6.13. The first kappa shape index (κ1) is 19.0. The summed E-state index contributed by atoms with van der Waals surface area (Å²) in [4.78, 5) is 20.7. The second-order valence-corrected chi connectivity index (χ2v) is 6.30. The van der Waals surface area contributed by atoms with Crippen molar-refractivity contribution in [1.82, 2.24) is 14.8 Å². The first-order valence-corrected chi connectivity index (χ1v) is 8.87. The van der Waals surface area contributed by atoms with Gasteiger partial charge in [-0.2, -0.15) is 0 Å². The quantitative estimate of drug-likeness (QED) is 0.775. The van der Waals surface area contributed by atoms with Crippen LogP contribution in [0.4, 0.5) is 0 Å². The van der Waals surface area contributed by atoms with Crippen molar-refractivity contribution in [2.45, 2.75) is 6.54 Å². The van der Waals surface area contributed by atoms with E-state index in [2.05, 4.69) is 9.88 Å². The topological polar surface area (TPSA) is 64.1 Å². The molecule has 1 aliphatic rings. The van der Waals surface area contributed by atoms with Gasteiger partial charge in [0.2, 0.25) is 5.75 Å². The number of pyridine rings is 1. The molecule has 0 radical (unpaired) electrons. The van der Waals surface area contributed by atoms with Crippen LogP contribution in [-0.2, 0) is 6.54 Å². The van der Waals surface area contributed by atoms with Gasteiger partial charge in [-0.25, -0.2) is 0 Å². The average Bonchev–Trinajstić information content (AvgIpc) is 2.73. The standard InChI is InChI=1S/C20H25N3O4/c1-25-17-7-6-16(18(26-2)19(17)27-3)14-22-9-11-23(12-10-22)20(24)15-5-4-8-21-13-15/h4-8,13H,9-12,14H2,1-3H3. The Balaban J connectivity index is 1.65. The minimum absolute atomic E-state index is 0.0337. The summed E-state index contributed by atoms with van der Waals surface area (Å²) in [5.74, 6) is 1.96. The normalized spacial score (nSPS) is 14.7. The van der Waals surface area contributed by atoms with Crippen LogP contribution < -0.4 is 14.2 Å². The molecular weight excluding hydrogens is 346 g/mol. The fourth-order valence-electron chi connectivity index (χ4n) is 3.31. The zero-order chi connectivity index (χ0) is 19.2. The molecular formula is C20H25N3O4. The van der Waals surface area contributed by atoms with Crippen molar-refractivity contribution in [2.75, 3.05) is 47.5 Å². The van der Waals surface area contributed by atoms with E-state index in [9.17, 15) is 4.79 Å². The van der Waals surface area contributed by atoms with Crippen LogP contribution in [0.15, 0.2) is 36.7 Å². The summed E-state index contributed by atoms with van der Waals surface area (Å²) in [6.45, 7) is 3.68. The zero-order valence-corrected chi connectivity index (χ0v) is 16.0. The molecule has 7 heteroatoms. The molecule has 144 valence electrons. The van der Waals surface area contributed by atoms with E-state index in [1.165, 1.54) is 0 Å². The lowest BCUT2D eigenvalue weighted by atomic mass is 10.1. The van der Waals surface area contributed by atoms with Gasteiger partial charge in [0.15, 0.2) is 11.5 Å². The fourth-order valence-corrected chi connectivity index (χ4v) is 3.31. The smallest absolute Gasteiger partial charge is 0.255 e. The number of amides is 1. The van der Waals surface area contributed by atoms with Crippen LogP contribution in [0.25, 0.3) is 0 Å². The highest BCUT2D eigenvalue weighted by Crippen LogP contribution is 2.40. The Bertz CT molecular complexity index is 774. The summed E-state index contributed by atoms with van der Waals surface area (Å²) in [6, 6.07) is 7.47. The Labute approximate surface area is 159 Å². The van der Waals surface area contributed by atoms with E-state index < -0.39 is 0 Å². The third-order valence-electron chi connectivity index (χ3n) is 4.75. The maximum Gasteiger partial charge on any atom is 0.255 e. The monoisotopic (exact) mass is 371 g/mol. The number of methoxy groups -OCH3 is 3. The summed E-state index contributed by atoms with van der Waals surface area (Å²) in [7, 11) is 4.84. The van der Waals surface area contributed by atoms with Gasteiger partial charge in [0.05, 0.1) is 26.9 Å². The molecule has 1 amide bonds. The van der Waals surface area contributed by atoms with Crippen LogP contribution in [0.5, 0.6) is 17.2 Å². The second-order valence-electron chi connectivity index (χ2n) is 6.30. The number of ether oxygens (including phenoxy) is 3. The number of nitrogens with zero attached hydrogens (tertiary/aromatic N) is 3. The summed E-state index contributed by atoms with van der Waals surface area (Å²) in [6.07, 6.45) is 3.29. The number of rotatable bonds is 6. The Hall–Kier alpha value is -2.80. The molecule has 7 nitrogen and oxygen atoms in total. The minimum atomic E-state index is 0.0337. The number of aromatic nitrogens is 1. The molecule has 0 saturated carbocycles. The number of carbonyl (C=O) groups excluding carboxylic acids is 1. The van der Waals surface area contributed by atoms with Crippen LogP contribution >= 0.6 is 0 Å². The first-order valence-electron chi connectivity index (χ1n) is 8.87. The summed E-state index contributed by atoms with van der Waals surface area (Å²) >= 11 is 0. The maximum atomic E-state index is 12.5. The molecule has 0 unspecified atom stereocenters. The highest BCUT2D eigenvalue weighted by molar-refractivity contribution is 5.93. The highest BCUT2D eigenvalue weighted by atomic mass is 16.5. The second kappa shape index (κ2) is 8.73. The van der Waals surface area contributed by atoms with E-state index in [0.717, 1.165) is 25.2 Å². The van der Waals surface area contributed by atoms with Gasteiger partial charge in [0.25, 0.3) is 5.91 Å². The van der Waals surface area contributed by atoms with Crippen molar-refractivity contribution in [1.29, 1.82) is 0 Å². The van der Waals surface area contributed by atoms with Gasteiger partial charge in [-0.1, -0.05) is 6.07 Å². The molecule has 1 aromatic carbocycles. The molecule has 0 aliphatic carbocycles. The van der Waals surface area contributed by atoms with Crippen LogP contribution in [0.3, 0.4) is 0 Å². The van der Waals surface area contributed by atoms with Gasteiger partial charge in [0.1, 0.15) is 0 Å². The molecule has 0 bridgehead atoms. The van der Waals surface area contributed by atoms with Crippen LogP contribution in [-0.4, -0.2) is 68.2 Å². The molecule has 3 rings (SSSR count). The first-order chi connectivity index (χ1) is 13.2. The van der Waals surface area contributed by atoms with Gasteiger partial charge in [-0.05, 0) is 18.2 Å². The van der Waals surface area contributed by atoms with Gasteiger partial charge >= 0.3 is 0 Å². The molecule has 2 heterocycles. The Morgan fingerprint density at radius 3 is 2.33 bits per heavy atom. The third kappa shape index (κ3) is 4.14. The van der Waals surface area contributed by atoms with Gasteiger partial charge in [0, 0.05) is 50.7 Å². The molecule has 0 N–H and O–H groups in total. The van der Waals surface area contributed by atoms with Crippen molar-refractivity contribution in [2.24, 2.45) is 0 Å². The largest absolute Gasteiger partial charge is 0.493 e. The van der Waals surface area contributed by atoms with Crippen molar-refractivity contribution in [3.05, 3.63) is 47.8 Å². The molecule has 1 aliphatic heterocycles. The molecule has 1 fully saturated rings. The predicted octanol–water partition coefficient (Wildman–Crippen LogP) is 2.07. The van der Waals surface area contributed by atoms with E-state index in [-0.39, 0.29) is 5.91 Å². The number of benzene rings is 1. The van der Waals surface area contributed by atoms with Crippen LogP contribution in [0.2, 0.25) is 0 Å². The van der Waals surface area contributed by atoms with Gasteiger partial charge in [-0.3, -0.25) is 14.7 Å². The van der Waals surface area contributed by atoms with E-state index in [1.807, 2.05) is 17.0 Å². The number of hydrogen-bond acceptors (Lipinski definition) is 6. The summed E-state index contributed by atoms with van der Waals surface area (Å²) in [5, 5.41) is 0. The summed E-state index contributed by atoms with van der Waals surface area (Å²) in [5.41, 5.74) is 1.66. The van der Waals surface area contributed by atoms with Crippen molar-refractivity contribution >= 4 is 5.91 Å². The van der Waals surface area contributed by atoms with Crippen LogP contribution in [0.1, 0.15) is 15.9 Å². The van der Waals surface area contributed by atoms with E-state index in [4.69, 9.17) is 14.2 Å². The highest BCUT2D eigenvalue weighted by Gasteiger charge is 2.24. The molecule has 0 atom stereocenters. The van der Waals surface area contributed by atoms with Crippen LogP contribution in [0, 0.1) is 0 Å². The van der Waals surface area contributed by atoms with Gasteiger partial charge < -0.3 is 19.1 Å². The van der Waals surface area contributed by atoms with E-state index >= 15 is 0 Å². The lowest BCUT2D eigenvalue weighted by Gasteiger charge is -2.35. The lowest BCUT2D eigenvalue weighted by molar-refractivity contribution is 0.0627. The van der Waals surface area contributed by atoms with E-state index in [0.29, 0.717) is 35.9 Å². The molecule has 2 aromatic rings. The number of carbonyl (C=O) groups is 1. The SMILES string of the molecule is COc1ccc(CN2CCN(C(=O)c3cccnc3)CC2)c(OC)c1OC. The molecule has 0 spiro atoms. The molecule has 1 saturated heterocycles. The fraction of sp³-hybridized carbons (Fsp3) is 0.400. The molecule has 1 aromatic heterocycles. The number of hydrogen-bond donors (Lipinski definition) is 0. The minimum Gasteiger partial charge on any atom is -0.493 e. The molecule has 27 heavy (non-hydrogen) atoms. The Morgan fingerprint density at radius 1 is 1.00 bits per heavy atom. The van der Waals surface area contributed by atoms with Crippen molar-refractivity contribution < 1.29 is 19.0 Å². The van der Waals surface area contributed by atoms with E-state index in [1.54, 1.807) is 45.9 Å².